The Bertz CT molecular complexity index is 417. The van der Waals surface area contributed by atoms with Crippen LogP contribution in [0.5, 0.6) is 0 Å². The SMILES string of the molecule is CCCc1ccc(C[n+]2ccccc2)cc1. The van der Waals surface area contributed by atoms with Crippen LogP contribution in [0.4, 0.5) is 0 Å². The molecule has 0 aliphatic rings. The summed E-state index contributed by atoms with van der Waals surface area (Å²) in [5.74, 6) is 0. The van der Waals surface area contributed by atoms with Gasteiger partial charge in [-0.1, -0.05) is 43.7 Å². The molecule has 0 spiro atoms. The van der Waals surface area contributed by atoms with Gasteiger partial charge in [0, 0.05) is 17.7 Å². The van der Waals surface area contributed by atoms with Crippen molar-refractivity contribution in [2.75, 3.05) is 0 Å². The highest BCUT2D eigenvalue weighted by atomic mass is 14.9. The number of benzene rings is 1. The molecule has 16 heavy (non-hydrogen) atoms. The minimum atomic E-state index is 0.952. The lowest BCUT2D eigenvalue weighted by atomic mass is 10.1. The average molecular weight is 212 g/mol. The summed E-state index contributed by atoms with van der Waals surface area (Å²) < 4.78 is 2.19. The van der Waals surface area contributed by atoms with Gasteiger partial charge in [0.25, 0.3) is 0 Å². The molecule has 0 atom stereocenters. The van der Waals surface area contributed by atoms with E-state index in [1.807, 2.05) is 6.07 Å². The van der Waals surface area contributed by atoms with E-state index in [4.69, 9.17) is 0 Å². The van der Waals surface area contributed by atoms with E-state index in [-0.39, 0.29) is 0 Å². The molecular weight excluding hydrogens is 194 g/mol. The van der Waals surface area contributed by atoms with Crippen molar-refractivity contribution < 1.29 is 4.57 Å². The highest BCUT2D eigenvalue weighted by molar-refractivity contribution is 5.21. The second kappa shape index (κ2) is 5.45. The van der Waals surface area contributed by atoms with Crippen LogP contribution in [0, 0.1) is 0 Å². The molecule has 0 aliphatic heterocycles. The highest BCUT2D eigenvalue weighted by Gasteiger charge is 2.00. The van der Waals surface area contributed by atoms with E-state index in [1.165, 1.54) is 24.0 Å². The van der Waals surface area contributed by atoms with Gasteiger partial charge in [-0.15, -0.1) is 0 Å². The van der Waals surface area contributed by atoms with Gasteiger partial charge in [0.05, 0.1) is 0 Å². The summed E-state index contributed by atoms with van der Waals surface area (Å²) in [5.41, 5.74) is 2.79. The van der Waals surface area contributed by atoms with Gasteiger partial charge < -0.3 is 0 Å². The zero-order chi connectivity index (χ0) is 11.2. The second-order valence-corrected chi connectivity index (χ2v) is 4.11. The van der Waals surface area contributed by atoms with E-state index in [2.05, 4.69) is 60.3 Å². The summed E-state index contributed by atoms with van der Waals surface area (Å²) in [6.45, 7) is 3.17. The van der Waals surface area contributed by atoms with Gasteiger partial charge in [-0.05, 0) is 12.0 Å². The maximum atomic E-state index is 2.24. The summed E-state index contributed by atoms with van der Waals surface area (Å²) in [6.07, 6.45) is 6.59. The van der Waals surface area contributed by atoms with E-state index >= 15 is 0 Å². The first-order valence-corrected chi connectivity index (χ1v) is 5.90. The van der Waals surface area contributed by atoms with Crippen LogP contribution in [-0.2, 0) is 13.0 Å². The van der Waals surface area contributed by atoms with Crippen LogP contribution in [0.15, 0.2) is 54.9 Å². The van der Waals surface area contributed by atoms with Gasteiger partial charge in [0.15, 0.2) is 18.9 Å². The Balaban J connectivity index is 2.05. The van der Waals surface area contributed by atoms with Crippen LogP contribution in [0.25, 0.3) is 0 Å². The molecule has 0 saturated carbocycles. The van der Waals surface area contributed by atoms with E-state index in [0.717, 1.165) is 6.54 Å². The zero-order valence-electron chi connectivity index (χ0n) is 9.76. The van der Waals surface area contributed by atoms with Crippen molar-refractivity contribution in [2.45, 2.75) is 26.3 Å². The van der Waals surface area contributed by atoms with E-state index in [9.17, 15) is 0 Å². The summed E-state index contributed by atoms with van der Waals surface area (Å²) in [4.78, 5) is 0. The van der Waals surface area contributed by atoms with Gasteiger partial charge in [-0.25, -0.2) is 4.57 Å². The van der Waals surface area contributed by atoms with Crippen LogP contribution in [0.3, 0.4) is 0 Å². The monoisotopic (exact) mass is 212 g/mol. The van der Waals surface area contributed by atoms with Crippen molar-refractivity contribution >= 4 is 0 Å². The molecule has 0 amide bonds. The molecule has 0 fully saturated rings. The Morgan fingerprint density at radius 1 is 0.875 bits per heavy atom. The van der Waals surface area contributed by atoms with Crippen molar-refractivity contribution in [3.8, 4) is 0 Å². The Morgan fingerprint density at radius 2 is 1.50 bits per heavy atom. The fraction of sp³-hybridized carbons (Fsp3) is 0.267. The lowest BCUT2D eigenvalue weighted by Crippen LogP contribution is -2.32. The highest BCUT2D eigenvalue weighted by Crippen LogP contribution is 2.06. The minimum Gasteiger partial charge on any atom is -0.201 e. The van der Waals surface area contributed by atoms with Gasteiger partial charge >= 0.3 is 0 Å². The number of aromatic nitrogens is 1. The summed E-state index contributed by atoms with van der Waals surface area (Å²) in [7, 11) is 0. The van der Waals surface area contributed by atoms with Gasteiger partial charge in [0.2, 0.25) is 0 Å². The molecule has 1 heterocycles. The first kappa shape index (κ1) is 10.9. The number of hydrogen-bond donors (Lipinski definition) is 0. The van der Waals surface area contributed by atoms with Crippen LogP contribution in [0.2, 0.25) is 0 Å². The van der Waals surface area contributed by atoms with E-state index < -0.39 is 0 Å². The van der Waals surface area contributed by atoms with Gasteiger partial charge in [-0.2, -0.15) is 0 Å². The lowest BCUT2D eigenvalue weighted by Gasteiger charge is -2.00. The first-order valence-electron chi connectivity index (χ1n) is 5.90. The number of nitrogens with zero attached hydrogens (tertiary/aromatic N) is 1. The molecule has 1 nitrogen and oxygen atoms in total. The quantitative estimate of drug-likeness (QED) is 0.686. The molecule has 0 saturated heterocycles. The summed E-state index contributed by atoms with van der Waals surface area (Å²) >= 11 is 0. The smallest absolute Gasteiger partial charge is 0.173 e. The van der Waals surface area contributed by atoms with Crippen LogP contribution in [-0.4, -0.2) is 0 Å². The zero-order valence-corrected chi connectivity index (χ0v) is 9.76. The first-order chi connectivity index (χ1) is 7.88. The third-order valence-electron chi connectivity index (χ3n) is 2.70. The molecule has 0 aliphatic carbocycles. The molecule has 0 N–H and O–H groups in total. The van der Waals surface area contributed by atoms with Crippen molar-refractivity contribution in [3.63, 3.8) is 0 Å². The molecule has 1 aromatic carbocycles. The molecule has 0 unspecified atom stereocenters. The predicted molar refractivity (Wildman–Crippen MR) is 66.2 cm³/mol. The average Bonchev–Trinajstić information content (AvgIpc) is 2.33. The normalized spacial score (nSPS) is 10.3. The Kier molecular flexibility index (Phi) is 3.71. The summed E-state index contributed by atoms with van der Waals surface area (Å²) in [5, 5.41) is 0. The van der Waals surface area contributed by atoms with Crippen molar-refractivity contribution in [2.24, 2.45) is 0 Å². The number of pyridine rings is 1. The number of rotatable bonds is 4. The number of aryl methyl sites for hydroxylation is 1. The second-order valence-electron chi connectivity index (χ2n) is 4.11. The van der Waals surface area contributed by atoms with Crippen molar-refractivity contribution in [3.05, 3.63) is 66.0 Å². The topological polar surface area (TPSA) is 3.88 Å². The molecular formula is C15H18N+. The minimum absolute atomic E-state index is 0.952. The summed E-state index contributed by atoms with van der Waals surface area (Å²) in [6, 6.07) is 15.1. The predicted octanol–water partition coefficient (Wildman–Crippen LogP) is 2.97. The molecule has 82 valence electrons. The fourth-order valence-corrected chi connectivity index (χ4v) is 1.85. The van der Waals surface area contributed by atoms with Gasteiger partial charge in [0.1, 0.15) is 0 Å². The Labute approximate surface area is 97.4 Å². The molecule has 1 aromatic heterocycles. The fourth-order valence-electron chi connectivity index (χ4n) is 1.85. The third-order valence-corrected chi connectivity index (χ3v) is 2.70. The van der Waals surface area contributed by atoms with Crippen molar-refractivity contribution in [1.29, 1.82) is 0 Å². The molecule has 2 aromatic rings. The van der Waals surface area contributed by atoms with E-state index in [1.54, 1.807) is 0 Å². The Hall–Kier alpha value is -1.63. The third kappa shape index (κ3) is 2.93. The number of hydrogen-bond acceptors (Lipinski definition) is 0. The standard InChI is InChI=1S/C15H18N/c1-2-6-14-7-9-15(10-8-14)13-16-11-4-3-5-12-16/h3-5,7-12H,2,6,13H2,1H3/q+1. The maximum Gasteiger partial charge on any atom is 0.173 e. The molecule has 2 rings (SSSR count). The largest absolute Gasteiger partial charge is 0.201 e. The van der Waals surface area contributed by atoms with Crippen molar-refractivity contribution in [1.82, 2.24) is 0 Å². The lowest BCUT2D eigenvalue weighted by molar-refractivity contribution is -0.688. The molecule has 0 bridgehead atoms. The van der Waals surface area contributed by atoms with Crippen LogP contribution >= 0.6 is 0 Å². The van der Waals surface area contributed by atoms with Crippen LogP contribution < -0.4 is 4.57 Å². The van der Waals surface area contributed by atoms with E-state index in [0.29, 0.717) is 0 Å². The maximum absolute atomic E-state index is 2.24. The molecule has 1 heteroatoms. The van der Waals surface area contributed by atoms with Crippen LogP contribution in [0.1, 0.15) is 24.5 Å². The van der Waals surface area contributed by atoms with Gasteiger partial charge in [-0.3, -0.25) is 0 Å². The molecule has 0 radical (unpaired) electrons. The Morgan fingerprint density at radius 3 is 2.12 bits per heavy atom.